The van der Waals surface area contributed by atoms with Gasteiger partial charge in [-0.1, -0.05) is 0 Å². The van der Waals surface area contributed by atoms with E-state index < -0.39 is 5.54 Å². The van der Waals surface area contributed by atoms with Gasteiger partial charge in [0.2, 0.25) is 0 Å². The van der Waals surface area contributed by atoms with E-state index in [2.05, 4.69) is 27.7 Å². The van der Waals surface area contributed by atoms with Crippen molar-refractivity contribution in [2.24, 2.45) is 5.73 Å². The molecule has 0 radical (unpaired) electrons. The molecule has 0 aliphatic rings. The van der Waals surface area contributed by atoms with Gasteiger partial charge >= 0.3 is 5.97 Å². The van der Waals surface area contributed by atoms with Gasteiger partial charge in [-0.25, -0.2) is 0 Å². The van der Waals surface area contributed by atoms with Gasteiger partial charge in [0, 0.05) is 12.7 Å². The summed E-state index contributed by atoms with van der Waals surface area (Å²) in [6, 6.07) is 0. The van der Waals surface area contributed by atoms with E-state index in [0.29, 0.717) is 19.6 Å². The topological polar surface area (TPSA) is 70.1 Å². The van der Waals surface area contributed by atoms with E-state index in [1.807, 2.05) is 6.20 Å². The van der Waals surface area contributed by atoms with Crippen molar-refractivity contribution in [3.05, 3.63) is 16.0 Å². The minimum Gasteiger partial charge on any atom is -0.465 e. The minimum atomic E-state index is -0.951. The highest BCUT2D eigenvalue weighted by Gasteiger charge is 2.29. The third kappa shape index (κ3) is 3.75. The number of esters is 1. The maximum atomic E-state index is 11.5. The molecule has 5 nitrogen and oxygen atoms in total. The van der Waals surface area contributed by atoms with Crippen LogP contribution in [0.3, 0.4) is 0 Å². The average molecular weight is 337 g/mol. The molecule has 2 N–H and O–H groups in total. The number of carbonyl (C=O) groups is 1. The first-order valence-electron chi connectivity index (χ1n) is 5.10. The Hall–Kier alpha value is -0.630. The number of ether oxygens (including phenoxy) is 1. The van der Waals surface area contributed by atoms with Gasteiger partial charge in [0.1, 0.15) is 5.54 Å². The van der Waals surface area contributed by atoms with Crippen LogP contribution in [0.1, 0.15) is 20.3 Å². The second-order valence-corrected chi connectivity index (χ2v) is 5.06. The van der Waals surface area contributed by atoms with Crippen LogP contribution in [0.5, 0.6) is 0 Å². The Labute approximate surface area is 108 Å². The summed E-state index contributed by atoms with van der Waals surface area (Å²) in [5, 5.41) is 4.13. The number of hydrogen-bond acceptors (Lipinski definition) is 4. The van der Waals surface area contributed by atoms with E-state index in [-0.39, 0.29) is 5.97 Å². The highest BCUT2D eigenvalue weighted by atomic mass is 127. The number of aryl methyl sites for hydroxylation is 1. The summed E-state index contributed by atoms with van der Waals surface area (Å²) in [5.41, 5.74) is 4.93. The third-order valence-corrected chi connectivity index (χ3v) is 2.76. The monoisotopic (exact) mass is 337 g/mol. The molecule has 1 aromatic heterocycles. The summed E-state index contributed by atoms with van der Waals surface area (Å²) in [6.45, 7) is 4.41. The molecule has 90 valence electrons. The van der Waals surface area contributed by atoms with Crippen molar-refractivity contribution >= 4 is 28.6 Å². The van der Waals surface area contributed by atoms with Crippen LogP contribution in [0.15, 0.2) is 12.4 Å². The molecular weight excluding hydrogens is 321 g/mol. The fourth-order valence-electron chi connectivity index (χ4n) is 1.21. The lowest BCUT2D eigenvalue weighted by Crippen LogP contribution is -2.46. The van der Waals surface area contributed by atoms with Gasteiger partial charge in [0.25, 0.3) is 0 Å². The average Bonchev–Trinajstić information content (AvgIpc) is 2.62. The number of hydrogen-bond donors (Lipinski definition) is 1. The van der Waals surface area contributed by atoms with E-state index in [1.54, 1.807) is 24.7 Å². The number of halogens is 1. The molecule has 0 bridgehead atoms. The largest absolute Gasteiger partial charge is 0.465 e. The molecule has 0 aliphatic heterocycles. The zero-order valence-corrected chi connectivity index (χ0v) is 11.6. The summed E-state index contributed by atoms with van der Waals surface area (Å²) in [4.78, 5) is 11.5. The smallest absolute Gasteiger partial charge is 0.325 e. The Morgan fingerprint density at radius 3 is 2.94 bits per heavy atom. The number of aromatic nitrogens is 2. The lowest BCUT2D eigenvalue weighted by Gasteiger charge is -2.21. The van der Waals surface area contributed by atoms with Gasteiger partial charge in [-0.05, 0) is 42.9 Å². The Bertz CT molecular complexity index is 363. The van der Waals surface area contributed by atoms with Crippen LogP contribution >= 0.6 is 22.6 Å². The summed E-state index contributed by atoms with van der Waals surface area (Å²) in [7, 11) is 0. The van der Waals surface area contributed by atoms with Crippen molar-refractivity contribution in [1.29, 1.82) is 0 Å². The molecule has 0 saturated heterocycles. The Kier molecular flexibility index (Phi) is 4.72. The predicted molar refractivity (Wildman–Crippen MR) is 68.8 cm³/mol. The quantitative estimate of drug-likeness (QED) is 0.647. The van der Waals surface area contributed by atoms with Gasteiger partial charge in [-0.15, -0.1) is 0 Å². The number of nitrogens with two attached hydrogens (primary N) is 1. The molecule has 0 aromatic carbocycles. The second kappa shape index (κ2) is 5.62. The van der Waals surface area contributed by atoms with Gasteiger partial charge in [-0.2, -0.15) is 5.10 Å². The molecule has 16 heavy (non-hydrogen) atoms. The van der Waals surface area contributed by atoms with Gasteiger partial charge in [0.15, 0.2) is 0 Å². The SMILES string of the molecule is CCOC(=O)C(C)(N)CCn1cc(I)cn1. The molecule has 1 rings (SSSR count). The van der Waals surface area contributed by atoms with Crippen molar-refractivity contribution in [3.63, 3.8) is 0 Å². The fraction of sp³-hybridized carbons (Fsp3) is 0.600. The van der Waals surface area contributed by atoms with Gasteiger partial charge < -0.3 is 10.5 Å². The number of nitrogens with zero attached hydrogens (tertiary/aromatic N) is 2. The van der Waals surface area contributed by atoms with Crippen LogP contribution in [-0.2, 0) is 16.1 Å². The van der Waals surface area contributed by atoms with Crippen LogP contribution in [0.4, 0.5) is 0 Å². The van der Waals surface area contributed by atoms with E-state index in [9.17, 15) is 4.79 Å². The Morgan fingerprint density at radius 1 is 1.75 bits per heavy atom. The van der Waals surface area contributed by atoms with Gasteiger partial charge in [-0.3, -0.25) is 9.48 Å². The summed E-state index contributed by atoms with van der Waals surface area (Å²) >= 11 is 2.18. The normalized spacial score (nSPS) is 14.5. The highest BCUT2D eigenvalue weighted by Crippen LogP contribution is 2.10. The summed E-state index contributed by atoms with van der Waals surface area (Å²) < 4.78 is 7.74. The number of rotatable bonds is 5. The van der Waals surface area contributed by atoms with Crippen molar-refractivity contribution in [3.8, 4) is 0 Å². The minimum absolute atomic E-state index is 0.352. The zero-order valence-electron chi connectivity index (χ0n) is 9.44. The van der Waals surface area contributed by atoms with Crippen LogP contribution in [0, 0.1) is 3.57 Å². The van der Waals surface area contributed by atoms with E-state index >= 15 is 0 Å². The Morgan fingerprint density at radius 2 is 2.44 bits per heavy atom. The number of carbonyl (C=O) groups excluding carboxylic acids is 1. The molecule has 0 spiro atoms. The zero-order chi connectivity index (χ0) is 12.2. The lowest BCUT2D eigenvalue weighted by atomic mass is 10.00. The van der Waals surface area contributed by atoms with Crippen LogP contribution in [0.2, 0.25) is 0 Å². The van der Waals surface area contributed by atoms with Crippen LogP contribution in [0.25, 0.3) is 0 Å². The lowest BCUT2D eigenvalue weighted by molar-refractivity contribution is -0.149. The van der Waals surface area contributed by atoms with E-state index in [4.69, 9.17) is 10.5 Å². The molecule has 6 heteroatoms. The first kappa shape index (κ1) is 13.4. The predicted octanol–water partition coefficient (Wildman–Crippen LogP) is 1.16. The van der Waals surface area contributed by atoms with Gasteiger partial charge in [0.05, 0.1) is 16.4 Å². The second-order valence-electron chi connectivity index (χ2n) is 3.81. The molecule has 0 fully saturated rings. The third-order valence-electron chi connectivity index (χ3n) is 2.20. The highest BCUT2D eigenvalue weighted by molar-refractivity contribution is 14.1. The molecule has 1 heterocycles. The molecule has 0 aliphatic carbocycles. The van der Waals surface area contributed by atoms with Crippen molar-refractivity contribution in [2.75, 3.05) is 6.61 Å². The molecule has 1 unspecified atom stereocenters. The Balaban J connectivity index is 2.50. The molecular formula is C10H16IN3O2. The fourth-order valence-corrected chi connectivity index (χ4v) is 1.65. The standard InChI is InChI=1S/C10H16IN3O2/c1-3-16-9(15)10(2,12)4-5-14-7-8(11)6-13-14/h6-7H,3-5,12H2,1-2H3. The van der Waals surface area contributed by atoms with Crippen molar-refractivity contribution in [2.45, 2.75) is 32.4 Å². The van der Waals surface area contributed by atoms with E-state index in [1.165, 1.54) is 0 Å². The molecule has 1 aromatic rings. The maximum absolute atomic E-state index is 11.5. The molecule has 0 saturated carbocycles. The van der Waals surface area contributed by atoms with Crippen LogP contribution in [-0.4, -0.2) is 27.9 Å². The van der Waals surface area contributed by atoms with Crippen molar-refractivity contribution in [1.82, 2.24) is 9.78 Å². The molecule has 0 amide bonds. The first-order valence-corrected chi connectivity index (χ1v) is 6.17. The van der Waals surface area contributed by atoms with Crippen LogP contribution < -0.4 is 5.73 Å². The maximum Gasteiger partial charge on any atom is 0.325 e. The summed E-state index contributed by atoms with van der Waals surface area (Å²) in [6.07, 6.45) is 4.17. The first-order chi connectivity index (χ1) is 7.45. The summed E-state index contributed by atoms with van der Waals surface area (Å²) in [5.74, 6) is -0.364. The van der Waals surface area contributed by atoms with Crippen molar-refractivity contribution < 1.29 is 9.53 Å². The van der Waals surface area contributed by atoms with E-state index in [0.717, 1.165) is 3.57 Å². The molecule has 1 atom stereocenters.